The molecule has 18 heavy (non-hydrogen) atoms. The minimum Gasteiger partial charge on any atom is -0.324 e. The number of carbonyl (C=O) groups excluding carboxylic acids is 1. The van der Waals surface area contributed by atoms with Gasteiger partial charge in [-0.1, -0.05) is 0 Å². The van der Waals surface area contributed by atoms with Crippen LogP contribution in [0.2, 0.25) is 0 Å². The van der Waals surface area contributed by atoms with E-state index in [2.05, 4.69) is 10.3 Å². The smallest absolute Gasteiger partial charge is 0.225 e. The van der Waals surface area contributed by atoms with E-state index in [9.17, 15) is 13.2 Å². The van der Waals surface area contributed by atoms with Gasteiger partial charge in [-0.3, -0.25) is 9.78 Å². The number of nitrogens with zero attached hydrogens (tertiary/aromatic N) is 1. The van der Waals surface area contributed by atoms with Crippen LogP contribution in [0.3, 0.4) is 0 Å². The van der Waals surface area contributed by atoms with Crippen molar-refractivity contribution in [2.75, 3.05) is 17.3 Å². The normalized spacial score (nSPS) is 11.3. The molecular formula is C12H18N2O3S. The van der Waals surface area contributed by atoms with Gasteiger partial charge in [-0.2, -0.15) is 0 Å². The maximum absolute atomic E-state index is 11.6. The van der Waals surface area contributed by atoms with Crippen LogP contribution < -0.4 is 5.32 Å². The lowest BCUT2D eigenvalue weighted by molar-refractivity contribution is -0.115. The topological polar surface area (TPSA) is 76.1 Å². The minimum atomic E-state index is -3.11. The van der Waals surface area contributed by atoms with E-state index in [1.807, 2.05) is 26.8 Å². The number of rotatable bonds is 4. The van der Waals surface area contributed by atoms with Gasteiger partial charge in [0.2, 0.25) is 5.91 Å². The molecule has 0 aliphatic heterocycles. The maximum Gasteiger partial charge on any atom is 0.225 e. The van der Waals surface area contributed by atoms with Crippen LogP contribution in [0.4, 0.5) is 5.69 Å². The second-order valence-corrected chi connectivity index (χ2v) is 6.73. The zero-order chi connectivity index (χ0) is 13.9. The molecule has 0 saturated heterocycles. The highest BCUT2D eigenvalue weighted by Gasteiger charge is 2.11. The second kappa shape index (κ2) is 5.48. The molecule has 0 radical (unpaired) electrons. The standard InChI is InChI=1S/C12H18N2O3S/c1-8-7-9(2)13-10(3)12(8)14-11(15)5-6-18(4,16)17/h7H,5-6H2,1-4H3,(H,14,15). The van der Waals surface area contributed by atoms with Gasteiger partial charge in [-0.25, -0.2) is 8.42 Å². The molecular weight excluding hydrogens is 252 g/mol. The summed E-state index contributed by atoms with van der Waals surface area (Å²) in [5, 5.41) is 2.71. The van der Waals surface area contributed by atoms with E-state index in [0.29, 0.717) is 5.69 Å². The first-order chi connectivity index (χ1) is 8.19. The van der Waals surface area contributed by atoms with Crippen molar-refractivity contribution in [2.45, 2.75) is 27.2 Å². The van der Waals surface area contributed by atoms with Crippen LogP contribution in [-0.4, -0.2) is 31.3 Å². The van der Waals surface area contributed by atoms with Crippen LogP contribution >= 0.6 is 0 Å². The number of pyridine rings is 1. The summed E-state index contributed by atoms with van der Waals surface area (Å²) in [5.41, 5.74) is 3.21. The largest absolute Gasteiger partial charge is 0.324 e. The van der Waals surface area contributed by atoms with Crippen molar-refractivity contribution < 1.29 is 13.2 Å². The van der Waals surface area contributed by atoms with Gasteiger partial charge < -0.3 is 5.32 Å². The average Bonchev–Trinajstić information content (AvgIpc) is 2.19. The highest BCUT2D eigenvalue weighted by atomic mass is 32.2. The first kappa shape index (κ1) is 14.6. The Morgan fingerprint density at radius 1 is 1.33 bits per heavy atom. The second-order valence-electron chi connectivity index (χ2n) is 4.47. The zero-order valence-electron chi connectivity index (χ0n) is 11.1. The van der Waals surface area contributed by atoms with Gasteiger partial charge >= 0.3 is 0 Å². The van der Waals surface area contributed by atoms with Gasteiger partial charge in [-0.15, -0.1) is 0 Å². The first-order valence-corrected chi connectivity index (χ1v) is 7.67. The Balaban J connectivity index is 2.77. The van der Waals surface area contributed by atoms with Crippen LogP contribution in [0.5, 0.6) is 0 Å². The molecule has 1 heterocycles. The van der Waals surface area contributed by atoms with Gasteiger partial charge in [0, 0.05) is 18.4 Å². The van der Waals surface area contributed by atoms with Crippen LogP contribution in [0.1, 0.15) is 23.4 Å². The fourth-order valence-corrected chi connectivity index (χ4v) is 2.25. The molecule has 1 N–H and O–H groups in total. The molecule has 0 aliphatic carbocycles. The summed E-state index contributed by atoms with van der Waals surface area (Å²) in [5.74, 6) is -0.451. The lowest BCUT2D eigenvalue weighted by atomic mass is 10.1. The van der Waals surface area contributed by atoms with Crippen molar-refractivity contribution in [1.29, 1.82) is 0 Å². The molecule has 0 saturated carbocycles. The molecule has 1 aromatic rings. The van der Waals surface area contributed by atoms with Gasteiger partial charge in [-0.05, 0) is 32.4 Å². The highest BCUT2D eigenvalue weighted by molar-refractivity contribution is 7.90. The molecule has 5 nitrogen and oxygen atoms in total. The zero-order valence-corrected chi connectivity index (χ0v) is 11.9. The molecule has 0 unspecified atom stereocenters. The van der Waals surface area contributed by atoms with Gasteiger partial charge in [0.15, 0.2) is 0 Å². The van der Waals surface area contributed by atoms with Crippen molar-refractivity contribution >= 4 is 21.4 Å². The van der Waals surface area contributed by atoms with E-state index < -0.39 is 9.84 Å². The summed E-state index contributed by atoms with van der Waals surface area (Å²) in [6, 6.07) is 1.87. The van der Waals surface area contributed by atoms with Crippen LogP contribution in [0.15, 0.2) is 6.07 Å². The number of hydrogen-bond acceptors (Lipinski definition) is 4. The van der Waals surface area contributed by atoms with E-state index in [1.165, 1.54) is 0 Å². The Morgan fingerprint density at radius 3 is 2.44 bits per heavy atom. The summed E-state index contributed by atoms with van der Waals surface area (Å²) in [6.45, 7) is 5.58. The predicted molar refractivity (Wildman–Crippen MR) is 71.4 cm³/mol. The molecule has 0 aliphatic rings. The Hall–Kier alpha value is -1.43. The Bertz CT molecular complexity index is 542. The number of aromatic nitrogens is 1. The number of amides is 1. The van der Waals surface area contributed by atoms with E-state index >= 15 is 0 Å². The van der Waals surface area contributed by atoms with Crippen molar-refractivity contribution in [3.8, 4) is 0 Å². The van der Waals surface area contributed by atoms with Crippen molar-refractivity contribution in [3.05, 3.63) is 23.0 Å². The van der Waals surface area contributed by atoms with Gasteiger partial charge in [0.25, 0.3) is 0 Å². The number of aryl methyl sites for hydroxylation is 3. The van der Waals surface area contributed by atoms with Crippen molar-refractivity contribution in [3.63, 3.8) is 0 Å². The Labute approximate surface area is 108 Å². The molecule has 0 aromatic carbocycles. The lowest BCUT2D eigenvalue weighted by Crippen LogP contribution is -2.18. The number of anilines is 1. The van der Waals surface area contributed by atoms with Crippen molar-refractivity contribution in [2.24, 2.45) is 0 Å². The Morgan fingerprint density at radius 2 is 1.94 bits per heavy atom. The summed E-state index contributed by atoms with van der Waals surface area (Å²) in [6.07, 6.45) is 1.08. The minimum absolute atomic E-state index is 0.0361. The fraction of sp³-hybridized carbons (Fsp3) is 0.500. The molecule has 0 atom stereocenters. The summed E-state index contributed by atoms with van der Waals surface area (Å²) in [4.78, 5) is 15.9. The molecule has 1 rings (SSSR count). The Kier molecular flexibility index (Phi) is 4.45. The molecule has 0 bridgehead atoms. The van der Waals surface area contributed by atoms with Crippen molar-refractivity contribution in [1.82, 2.24) is 4.98 Å². The van der Waals surface area contributed by atoms with E-state index in [4.69, 9.17) is 0 Å². The summed E-state index contributed by atoms with van der Waals surface area (Å²) < 4.78 is 21.9. The number of sulfone groups is 1. The van der Waals surface area contributed by atoms with E-state index in [0.717, 1.165) is 23.2 Å². The predicted octanol–water partition coefficient (Wildman–Crippen LogP) is 1.38. The van der Waals surface area contributed by atoms with E-state index in [-0.39, 0.29) is 18.1 Å². The summed E-state index contributed by atoms with van der Waals surface area (Å²) >= 11 is 0. The van der Waals surface area contributed by atoms with Gasteiger partial charge in [0.1, 0.15) is 9.84 Å². The quantitative estimate of drug-likeness (QED) is 0.896. The third-order valence-corrected chi connectivity index (χ3v) is 3.44. The average molecular weight is 270 g/mol. The lowest BCUT2D eigenvalue weighted by Gasteiger charge is -2.11. The van der Waals surface area contributed by atoms with Crippen LogP contribution in [0.25, 0.3) is 0 Å². The highest BCUT2D eigenvalue weighted by Crippen LogP contribution is 2.19. The number of carbonyl (C=O) groups is 1. The number of hydrogen-bond donors (Lipinski definition) is 1. The first-order valence-electron chi connectivity index (χ1n) is 5.61. The fourth-order valence-electron chi connectivity index (χ4n) is 1.69. The van der Waals surface area contributed by atoms with Crippen LogP contribution in [-0.2, 0) is 14.6 Å². The molecule has 6 heteroatoms. The third-order valence-electron chi connectivity index (χ3n) is 2.49. The molecule has 0 spiro atoms. The summed E-state index contributed by atoms with van der Waals surface area (Å²) in [7, 11) is -3.11. The molecule has 0 fully saturated rings. The third kappa shape index (κ3) is 4.44. The van der Waals surface area contributed by atoms with E-state index in [1.54, 1.807) is 0 Å². The van der Waals surface area contributed by atoms with Crippen LogP contribution in [0, 0.1) is 20.8 Å². The number of nitrogens with one attached hydrogen (secondary N) is 1. The van der Waals surface area contributed by atoms with Gasteiger partial charge in [0.05, 0.1) is 17.1 Å². The SMILES string of the molecule is Cc1cc(C)c(NC(=O)CCS(C)(=O)=O)c(C)n1. The molecule has 1 aromatic heterocycles. The molecule has 100 valence electrons. The molecule has 1 amide bonds. The monoisotopic (exact) mass is 270 g/mol. The maximum atomic E-state index is 11.6.